The Kier molecular flexibility index (Phi) is 9.33. The second kappa shape index (κ2) is 11.9. The first kappa shape index (κ1) is 29.0. The maximum atomic E-state index is 12.9. The first-order valence-corrected chi connectivity index (χ1v) is 11.8. The number of rotatable bonds is 8. The molecule has 4 aromatic rings. The summed E-state index contributed by atoms with van der Waals surface area (Å²) >= 11 is 0. The van der Waals surface area contributed by atoms with Crippen LogP contribution < -0.4 is 4.74 Å². The van der Waals surface area contributed by atoms with E-state index in [9.17, 15) is 8.78 Å². The lowest BCUT2D eigenvalue weighted by molar-refractivity contribution is -0.135. The minimum Gasteiger partial charge on any atom is -0.496 e. The fraction of sp³-hybridized carbons (Fsp3) is 0.480. The molecule has 12 heteroatoms. The van der Waals surface area contributed by atoms with Crippen molar-refractivity contribution in [2.24, 2.45) is 0 Å². The van der Waals surface area contributed by atoms with Crippen LogP contribution in [0.15, 0.2) is 22.9 Å². The van der Waals surface area contributed by atoms with Crippen molar-refractivity contribution in [3.63, 3.8) is 0 Å². The van der Waals surface area contributed by atoms with Gasteiger partial charge >= 0.3 is 6.61 Å². The smallest absolute Gasteiger partial charge is 0.345 e. The highest BCUT2D eigenvalue weighted by Gasteiger charge is 2.24. The van der Waals surface area contributed by atoms with E-state index < -0.39 is 6.61 Å². The SMILES string of the molecule is COc1cc2c(cc1-c1c(C)noc1C)ncc1nc(CN3CCCC3)n([C@H](C)COC(F)F)c12.Cl.Cl. The highest BCUT2D eigenvalue weighted by molar-refractivity contribution is 6.05. The van der Waals surface area contributed by atoms with Gasteiger partial charge in [-0.05, 0) is 58.8 Å². The molecule has 1 aliphatic rings. The van der Waals surface area contributed by atoms with Crippen LogP contribution in [-0.2, 0) is 11.3 Å². The first-order valence-electron chi connectivity index (χ1n) is 11.8. The number of nitrogens with zero attached hydrogens (tertiary/aromatic N) is 5. The van der Waals surface area contributed by atoms with E-state index in [1.54, 1.807) is 13.3 Å². The van der Waals surface area contributed by atoms with Crippen LogP contribution in [0.4, 0.5) is 8.78 Å². The van der Waals surface area contributed by atoms with Gasteiger partial charge in [-0.1, -0.05) is 5.16 Å². The Morgan fingerprint density at radius 3 is 2.46 bits per heavy atom. The molecule has 4 heterocycles. The third-order valence-corrected chi connectivity index (χ3v) is 6.68. The molecule has 1 aliphatic heterocycles. The van der Waals surface area contributed by atoms with Gasteiger partial charge in [-0.15, -0.1) is 24.8 Å². The number of aryl methyl sites for hydroxylation is 2. The molecule has 8 nitrogen and oxygen atoms in total. The third kappa shape index (κ3) is 5.52. The van der Waals surface area contributed by atoms with Crippen LogP contribution in [0.2, 0.25) is 0 Å². The third-order valence-electron chi connectivity index (χ3n) is 6.68. The number of hydrogen-bond donors (Lipinski definition) is 0. The quantitative estimate of drug-likeness (QED) is 0.259. The molecule has 3 aromatic heterocycles. The van der Waals surface area contributed by atoms with Crippen LogP contribution in [0.25, 0.3) is 33.1 Å². The van der Waals surface area contributed by atoms with E-state index >= 15 is 0 Å². The van der Waals surface area contributed by atoms with E-state index in [1.807, 2.05) is 37.5 Å². The minimum absolute atomic E-state index is 0. The molecule has 0 spiro atoms. The summed E-state index contributed by atoms with van der Waals surface area (Å²) in [6, 6.07) is 3.54. The first-order chi connectivity index (χ1) is 16.9. The lowest BCUT2D eigenvalue weighted by Crippen LogP contribution is -2.24. The average molecular weight is 558 g/mol. The molecular formula is C25H31Cl2F2N5O3. The second-order valence-electron chi connectivity index (χ2n) is 9.09. The molecule has 1 fully saturated rings. The number of imidazole rings is 1. The molecule has 0 radical (unpaired) electrons. The monoisotopic (exact) mass is 557 g/mol. The maximum absolute atomic E-state index is 12.9. The van der Waals surface area contributed by atoms with Gasteiger partial charge in [0, 0.05) is 10.9 Å². The normalized spacial score (nSPS) is 14.8. The van der Waals surface area contributed by atoms with Crippen molar-refractivity contribution < 1.29 is 22.8 Å². The molecule has 0 N–H and O–H groups in total. The van der Waals surface area contributed by atoms with Gasteiger partial charge in [0.15, 0.2) is 0 Å². The summed E-state index contributed by atoms with van der Waals surface area (Å²) in [7, 11) is 1.62. The Morgan fingerprint density at radius 1 is 1.11 bits per heavy atom. The van der Waals surface area contributed by atoms with E-state index in [0.717, 1.165) is 65.0 Å². The topological polar surface area (TPSA) is 78.4 Å². The van der Waals surface area contributed by atoms with Crippen molar-refractivity contribution in [1.29, 1.82) is 0 Å². The van der Waals surface area contributed by atoms with Gasteiger partial charge in [0.25, 0.3) is 0 Å². The van der Waals surface area contributed by atoms with Crippen LogP contribution in [0.1, 0.15) is 43.1 Å². The van der Waals surface area contributed by atoms with Gasteiger partial charge in [-0.3, -0.25) is 9.88 Å². The molecule has 1 aromatic carbocycles. The summed E-state index contributed by atoms with van der Waals surface area (Å²) in [5.74, 6) is 2.15. The Labute approximate surface area is 226 Å². The molecule has 0 saturated carbocycles. The summed E-state index contributed by atoms with van der Waals surface area (Å²) in [5, 5.41) is 4.91. The minimum atomic E-state index is -2.83. The van der Waals surface area contributed by atoms with Gasteiger partial charge in [0.1, 0.15) is 22.9 Å². The number of methoxy groups -OCH3 is 1. The van der Waals surface area contributed by atoms with Crippen LogP contribution in [-0.4, -0.2) is 58.0 Å². The second-order valence-corrected chi connectivity index (χ2v) is 9.09. The highest BCUT2D eigenvalue weighted by atomic mass is 35.5. The number of hydrogen-bond acceptors (Lipinski definition) is 7. The molecule has 0 aliphatic carbocycles. The summed E-state index contributed by atoms with van der Waals surface area (Å²) in [4.78, 5) is 11.9. The summed E-state index contributed by atoms with van der Waals surface area (Å²) in [6.07, 6.45) is 4.04. The van der Waals surface area contributed by atoms with Crippen molar-refractivity contribution in [3.8, 4) is 16.9 Å². The largest absolute Gasteiger partial charge is 0.496 e. The lowest BCUT2D eigenvalue weighted by atomic mass is 10.0. The fourth-order valence-electron chi connectivity index (χ4n) is 5.10. The predicted octanol–water partition coefficient (Wildman–Crippen LogP) is 6.10. The Morgan fingerprint density at radius 2 is 1.84 bits per heavy atom. The van der Waals surface area contributed by atoms with Crippen LogP contribution >= 0.6 is 24.8 Å². The zero-order valence-corrected chi connectivity index (χ0v) is 22.8. The summed E-state index contributed by atoms with van der Waals surface area (Å²) in [6.45, 7) is 5.30. The zero-order valence-electron chi connectivity index (χ0n) is 21.2. The predicted molar refractivity (Wildman–Crippen MR) is 142 cm³/mol. The standard InChI is InChI=1S/C25H29F2N5O3.2ClH/c1-14(13-34-25(26)27)32-22(12-31-7-5-6-8-31)29-20-11-28-19-9-18(23-15(2)30-35-16(23)3)21(33-4)10-17(19)24(20)32;;/h9-11,14,25H,5-8,12-13H2,1-4H3;2*1H/t14-;;/m1../s1. The van der Waals surface area contributed by atoms with Gasteiger partial charge < -0.3 is 18.6 Å². The Balaban J connectivity index is 0.00000190. The summed E-state index contributed by atoms with van der Waals surface area (Å²) in [5.41, 5.74) is 4.75. The molecule has 0 bridgehead atoms. The number of halogens is 4. The number of likely N-dealkylation sites (tertiary alicyclic amines) is 1. The molecule has 37 heavy (non-hydrogen) atoms. The zero-order chi connectivity index (χ0) is 24.7. The van der Waals surface area contributed by atoms with Gasteiger partial charge in [-0.25, -0.2) is 4.98 Å². The van der Waals surface area contributed by atoms with Crippen molar-refractivity contribution in [3.05, 3.63) is 35.6 Å². The van der Waals surface area contributed by atoms with Gasteiger partial charge in [0.05, 0.1) is 54.8 Å². The van der Waals surface area contributed by atoms with Crippen LogP contribution in [0, 0.1) is 13.8 Å². The van der Waals surface area contributed by atoms with Crippen LogP contribution in [0.3, 0.4) is 0 Å². The number of pyridine rings is 1. The Hall–Kier alpha value is -2.53. The Bertz CT molecular complexity index is 1350. The van der Waals surface area contributed by atoms with Gasteiger partial charge in [-0.2, -0.15) is 8.78 Å². The number of fused-ring (bicyclic) bond motifs is 3. The van der Waals surface area contributed by atoms with E-state index in [4.69, 9.17) is 19.0 Å². The fourth-order valence-corrected chi connectivity index (χ4v) is 5.10. The molecular weight excluding hydrogens is 527 g/mol. The van der Waals surface area contributed by atoms with E-state index in [0.29, 0.717) is 23.6 Å². The van der Waals surface area contributed by atoms with E-state index in [1.165, 1.54) is 0 Å². The van der Waals surface area contributed by atoms with Crippen molar-refractivity contribution in [2.75, 3.05) is 26.8 Å². The van der Waals surface area contributed by atoms with E-state index in [2.05, 4.69) is 15.0 Å². The molecule has 202 valence electrons. The maximum Gasteiger partial charge on any atom is 0.345 e. The van der Waals surface area contributed by atoms with Crippen LogP contribution in [0.5, 0.6) is 5.75 Å². The molecule has 1 saturated heterocycles. The van der Waals surface area contributed by atoms with Gasteiger partial charge in [0.2, 0.25) is 0 Å². The van der Waals surface area contributed by atoms with Crippen molar-refractivity contribution >= 4 is 46.8 Å². The summed E-state index contributed by atoms with van der Waals surface area (Å²) < 4.78 is 43.6. The van der Waals surface area contributed by atoms with E-state index in [-0.39, 0.29) is 37.5 Å². The number of benzene rings is 1. The lowest BCUT2D eigenvalue weighted by Gasteiger charge is -2.21. The number of alkyl halides is 2. The highest BCUT2D eigenvalue weighted by Crippen LogP contribution is 2.39. The molecule has 0 unspecified atom stereocenters. The average Bonchev–Trinajstić information content (AvgIpc) is 3.56. The van der Waals surface area contributed by atoms with Crippen molar-refractivity contribution in [2.45, 2.75) is 52.8 Å². The molecule has 5 rings (SSSR count). The molecule has 0 amide bonds. The number of aromatic nitrogens is 4. The van der Waals surface area contributed by atoms with Crippen molar-refractivity contribution in [1.82, 2.24) is 24.6 Å². The number of ether oxygens (including phenoxy) is 2. The molecule has 1 atom stereocenters.